The molecule has 2 aliphatic heterocycles. The number of fused-ring (bicyclic) bond motifs is 1. The van der Waals surface area contributed by atoms with Crippen LogP contribution in [-0.2, 0) is 36.4 Å². The van der Waals surface area contributed by atoms with Gasteiger partial charge >= 0.3 is 0 Å². The summed E-state index contributed by atoms with van der Waals surface area (Å²) in [6.07, 6.45) is 2.78. The number of aryl methyl sites for hydroxylation is 1. The summed E-state index contributed by atoms with van der Waals surface area (Å²) in [7, 11) is 3.41. The predicted molar refractivity (Wildman–Crippen MR) is 171 cm³/mol. The minimum Gasteiger partial charge on any atom is -0.493 e. The molecule has 2 aromatic heterocycles. The van der Waals surface area contributed by atoms with Gasteiger partial charge in [-0.2, -0.15) is 9.35 Å². The average Bonchev–Trinajstić information content (AvgIpc) is 3.46. The summed E-state index contributed by atoms with van der Waals surface area (Å²) in [6.45, 7) is 5.40. The summed E-state index contributed by atoms with van der Waals surface area (Å²) >= 11 is 1.82. The zero-order valence-corrected chi connectivity index (χ0v) is 27.1. The quantitative estimate of drug-likeness (QED) is 0.0692. The molecule has 0 aliphatic carbocycles. The molecule has 2 aliphatic rings. The second-order valence-electron chi connectivity index (χ2n) is 11.1. The number of amides is 2. The highest BCUT2D eigenvalue weighted by atomic mass is 32.2. The number of benzene rings is 1. The Labute approximate surface area is 269 Å². The number of carbonyl (C=O) groups is 2. The van der Waals surface area contributed by atoms with E-state index in [1.165, 1.54) is 18.4 Å². The minimum absolute atomic E-state index is 0.00116. The Morgan fingerprint density at radius 1 is 1.31 bits per heavy atom. The lowest BCUT2D eigenvalue weighted by molar-refractivity contribution is -0.656. The van der Waals surface area contributed by atoms with Crippen molar-refractivity contribution in [2.24, 2.45) is 23.9 Å². The van der Waals surface area contributed by atoms with Crippen molar-refractivity contribution in [3.05, 3.63) is 53.2 Å². The lowest BCUT2D eigenvalue weighted by atomic mass is 9.84. The molecule has 45 heavy (non-hydrogen) atoms. The highest BCUT2D eigenvalue weighted by Crippen LogP contribution is 2.35. The first-order valence-electron chi connectivity index (χ1n) is 14.3. The van der Waals surface area contributed by atoms with Crippen LogP contribution in [0, 0.1) is 5.92 Å². The predicted octanol–water partition coefficient (Wildman–Crippen LogP) is 1.81. The van der Waals surface area contributed by atoms with Gasteiger partial charge in [0.25, 0.3) is 17.6 Å². The van der Waals surface area contributed by atoms with Gasteiger partial charge in [-0.15, -0.1) is 11.3 Å². The van der Waals surface area contributed by atoms with Crippen molar-refractivity contribution >= 4 is 52.1 Å². The number of carbonyl (C=O) groups excluding carboxylic acids is 2. The van der Waals surface area contributed by atoms with Crippen LogP contribution in [-0.4, -0.2) is 72.6 Å². The molecule has 5 rings (SSSR count). The Morgan fingerprint density at radius 2 is 2.11 bits per heavy atom. The number of hydrogen-bond acceptors (Lipinski definition) is 13. The molecule has 1 aromatic carbocycles. The third-order valence-corrected chi connectivity index (χ3v) is 8.56. The van der Waals surface area contributed by atoms with Gasteiger partial charge in [0.2, 0.25) is 0 Å². The van der Waals surface area contributed by atoms with Gasteiger partial charge in [-0.05, 0) is 43.5 Å². The topological polar surface area (TPSA) is 180 Å². The Balaban J connectivity index is 1.22. The smallest absolute Gasteiger partial charge is 0.276 e. The van der Waals surface area contributed by atoms with Gasteiger partial charge < -0.3 is 26.4 Å². The molecule has 2 unspecified atom stereocenters. The number of thiazole rings is 1. The van der Waals surface area contributed by atoms with Gasteiger partial charge in [0.15, 0.2) is 23.2 Å². The van der Waals surface area contributed by atoms with Crippen LogP contribution < -0.4 is 31.4 Å². The molecule has 0 spiro atoms. The molecule has 240 valence electrons. The number of oxime groups is 1. The summed E-state index contributed by atoms with van der Waals surface area (Å²) < 4.78 is 18.2. The van der Waals surface area contributed by atoms with Crippen molar-refractivity contribution in [3.8, 4) is 16.9 Å². The highest BCUT2D eigenvalue weighted by Gasteiger charge is 2.57. The summed E-state index contributed by atoms with van der Waals surface area (Å²) in [4.78, 5) is 35.9. The Bertz CT molecular complexity index is 1580. The lowest BCUT2D eigenvalue weighted by Crippen LogP contribution is -2.76. The number of hydrogen-bond donors (Lipinski definition) is 4. The number of hydroxylamine groups is 2. The molecule has 14 nitrogen and oxygen atoms in total. The van der Waals surface area contributed by atoms with Crippen LogP contribution in [0.1, 0.15) is 25.1 Å². The maximum atomic E-state index is 13.3. The zero-order valence-electron chi connectivity index (χ0n) is 25.4. The van der Waals surface area contributed by atoms with E-state index in [1.807, 2.05) is 23.7 Å². The molecule has 6 N–H and O–H groups in total. The van der Waals surface area contributed by atoms with E-state index in [4.69, 9.17) is 29.5 Å². The monoisotopic (exact) mass is 657 g/mol. The number of anilines is 2. The van der Waals surface area contributed by atoms with Gasteiger partial charge in [0, 0.05) is 29.5 Å². The molecule has 1 saturated heterocycles. The number of nitrogens with one attached hydrogen (secondary N) is 2. The van der Waals surface area contributed by atoms with Crippen LogP contribution >= 0.6 is 23.7 Å². The van der Waals surface area contributed by atoms with Gasteiger partial charge in [-0.1, -0.05) is 17.3 Å². The molecule has 0 radical (unpaired) electrons. The van der Waals surface area contributed by atoms with Crippen molar-refractivity contribution in [1.82, 2.24) is 15.4 Å². The Hall–Kier alpha value is -3.96. The van der Waals surface area contributed by atoms with Gasteiger partial charge in [-0.3, -0.25) is 19.1 Å². The second-order valence-corrected chi connectivity index (χ2v) is 12.6. The van der Waals surface area contributed by atoms with Crippen LogP contribution in [0.25, 0.3) is 11.1 Å². The normalized spacial score (nSPS) is 18.9. The minimum atomic E-state index is -0.856. The van der Waals surface area contributed by atoms with Crippen LogP contribution in [0.4, 0.5) is 10.9 Å². The summed E-state index contributed by atoms with van der Waals surface area (Å²) in [6, 6.07) is 9.42. The number of nitrogen functional groups attached to an aromatic ring is 1. The third-order valence-electron chi connectivity index (χ3n) is 7.54. The summed E-state index contributed by atoms with van der Waals surface area (Å²) in [5.74, 6) is 0.760. The van der Waals surface area contributed by atoms with E-state index < -0.39 is 23.4 Å². The van der Waals surface area contributed by atoms with Crippen LogP contribution in [0.2, 0.25) is 0 Å². The molecule has 2 amide bonds. The number of rotatable bonds is 13. The molecule has 3 aromatic rings. The molecule has 0 bridgehead atoms. The maximum Gasteiger partial charge on any atom is 0.276 e. The summed E-state index contributed by atoms with van der Waals surface area (Å²) in [5.41, 5.74) is 13.9. The largest absolute Gasteiger partial charge is 0.493 e. The average molecular weight is 658 g/mol. The Morgan fingerprint density at radius 3 is 2.80 bits per heavy atom. The van der Waals surface area contributed by atoms with Gasteiger partial charge in [-0.25, -0.2) is 9.55 Å². The van der Waals surface area contributed by atoms with E-state index in [0.717, 1.165) is 33.3 Å². The van der Waals surface area contributed by atoms with Crippen molar-refractivity contribution in [1.29, 1.82) is 0 Å². The number of pyridine rings is 1. The molecule has 0 saturated carbocycles. The maximum absolute atomic E-state index is 13.3. The van der Waals surface area contributed by atoms with E-state index in [9.17, 15) is 9.59 Å². The fourth-order valence-corrected chi connectivity index (χ4v) is 6.01. The van der Waals surface area contributed by atoms with Crippen LogP contribution in [0.15, 0.2) is 47.1 Å². The molecular weight excluding hydrogens is 621 g/mol. The van der Waals surface area contributed by atoms with Crippen molar-refractivity contribution < 1.29 is 32.2 Å². The number of aromatic nitrogens is 2. The molecular formula is C29H37N8O6S2+. The second kappa shape index (κ2) is 14.0. The molecule has 4 heterocycles. The summed E-state index contributed by atoms with van der Waals surface area (Å²) in [5, 5.41) is 13.2. The van der Waals surface area contributed by atoms with Crippen molar-refractivity contribution in [2.75, 3.05) is 44.5 Å². The van der Waals surface area contributed by atoms with Crippen LogP contribution in [0.3, 0.4) is 0 Å². The standard InChI is InChI=1S/C29H36N8O6S2/c1-29(2)25(27(39)37(29)43-45-40-4)34-26(38)24(21-16-44-28(31)33-21)35-42-15-17-11-19-6-5-18(12-22(19)41-14-17)20-7-8-23(32-10-9-30)36(3)13-20/h5-8,12-13,16-17,25H,9-11,14-15,30H2,1-4H3,(H3,31,33,34,38)/p+1/b35-24-. The molecule has 1 fully saturated rings. The first kappa shape index (κ1) is 32.4. The van der Waals surface area contributed by atoms with E-state index >= 15 is 0 Å². The number of ether oxygens (including phenoxy) is 1. The van der Waals surface area contributed by atoms with Gasteiger partial charge in [0.1, 0.15) is 24.1 Å². The molecule has 16 heteroatoms. The van der Waals surface area contributed by atoms with Crippen molar-refractivity contribution in [3.63, 3.8) is 0 Å². The lowest BCUT2D eigenvalue weighted by Gasteiger charge is -2.50. The van der Waals surface area contributed by atoms with E-state index in [2.05, 4.69) is 45.2 Å². The first-order valence-corrected chi connectivity index (χ1v) is 15.8. The van der Waals surface area contributed by atoms with E-state index in [-0.39, 0.29) is 29.1 Å². The highest BCUT2D eigenvalue weighted by molar-refractivity contribution is 7.89. The van der Waals surface area contributed by atoms with E-state index in [1.54, 1.807) is 19.2 Å². The van der Waals surface area contributed by atoms with Crippen molar-refractivity contribution in [2.45, 2.75) is 31.8 Å². The zero-order chi connectivity index (χ0) is 32.1. The van der Waals surface area contributed by atoms with E-state index in [0.29, 0.717) is 38.4 Å². The number of nitrogens with two attached hydrogens (primary N) is 2. The molecule has 2 atom stereocenters. The SMILES string of the molecule is COSON1C(=O)C(NC(=O)/C(=N\OCC2COc3cc(-c4ccc(NCCN)[n+](C)c4)ccc3C2)c2csc(N)n2)C1(C)C. The number of β-lactam (4-membered cyclic amide) rings is 1. The first-order chi connectivity index (χ1) is 21.6. The van der Waals surface area contributed by atoms with Crippen LogP contribution in [0.5, 0.6) is 5.75 Å². The fraction of sp³-hybridized carbons (Fsp3) is 0.414. The third kappa shape index (κ3) is 7.15. The van der Waals surface area contributed by atoms with Gasteiger partial charge in [0.05, 0.1) is 39.0 Å². The number of nitrogens with zero attached hydrogens (tertiary/aromatic N) is 4. The Kier molecular flexibility index (Phi) is 10.1. The fourth-order valence-electron chi connectivity index (χ4n) is 5.08.